The van der Waals surface area contributed by atoms with Crippen LogP contribution in [-0.4, -0.2) is 6.10 Å². The fourth-order valence-corrected chi connectivity index (χ4v) is 1.73. The van der Waals surface area contributed by atoms with Gasteiger partial charge < -0.3 is 4.74 Å². The largest absolute Gasteiger partial charge is 0.498 e. The Morgan fingerprint density at radius 1 is 1.29 bits per heavy atom. The van der Waals surface area contributed by atoms with Crippen molar-refractivity contribution in [3.05, 3.63) is 41.7 Å². The molecule has 0 aromatic heterocycles. The number of hydrogen-bond donors (Lipinski definition) is 0. The summed E-state index contributed by atoms with van der Waals surface area (Å²) in [4.78, 5) is 0. The fraction of sp³-hybridized carbons (Fsp3) is 0.500. The average Bonchev–Trinajstić information content (AvgIpc) is 2.36. The third-order valence-electron chi connectivity index (χ3n) is 2.89. The van der Waals surface area contributed by atoms with E-state index < -0.39 is 0 Å². The van der Waals surface area contributed by atoms with E-state index in [0.717, 1.165) is 12.8 Å². The molecule has 0 bridgehead atoms. The van der Waals surface area contributed by atoms with Gasteiger partial charge in [-0.25, -0.2) is 0 Å². The van der Waals surface area contributed by atoms with Crippen LogP contribution in [0.2, 0.25) is 0 Å². The molecular weight excluding hydrogens is 208 g/mol. The molecule has 0 aliphatic carbocycles. The summed E-state index contributed by atoms with van der Waals surface area (Å²) in [6.45, 7) is 6.51. The van der Waals surface area contributed by atoms with Crippen molar-refractivity contribution in [3.63, 3.8) is 0 Å². The maximum atomic E-state index is 5.64. The summed E-state index contributed by atoms with van der Waals surface area (Å²) in [5.74, 6) is 0. The van der Waals surface area contributed by atoms with Crippen LogP contribution in [0, 0.1) is 0 Å². The first-order chi connectivity index (χ1) is 8.26. The molecule has 1 atom stereocenters. The van der Waals surface area contributed by atoms with Gasteiger partial charge in [0.15, 0.2) is 0 Å². The number of rotatable bonds is 7. The highest BCUT2D eigenvalue weighted by Crippen LogP contribution is 2.09. The second-order valence-corrected chi connectivity index (χ2v) is 4.49. The predicted octanol–water partition coefficient (Wildman–Crippen LogP) is 4.82. The lowest BCUT2D eigenvalue weighted by Crippen LogP contribution is -2.02. The monoisotopic (exact) mass is 232 g/mol. The van der Waals surface area contributed by atoms with Crippen LogP contribution in [0.25, 0.3) is 6.08 Å². The molecule has 0 N–H and O–H groups in total. The maximum Gasteiger partial charge on any atom is 0.0950 e. The van der Waals surface area contributed by atoms with Gasteiger partial charge in [-0.3, -0.25) is 0 Å². The molecule has 1 heteroatoms. The number of unbranched alkanes of at least 4 members (excludes halogenated alkanes) is 1. The van der Waals surface area contributed by atoms with E-state index in [-0.39, 0.29) is 0 Å². The third kappa shape index (κ3) is 5.58. The third-order valence-corrected chi connectivity index (χ3v) is 2.89. The summed E-state index contributed by atoms with van der Waals surface area (Å²) in [5.41, 5.74) is 2.58. The van der Waals surface area contributed by atoms with Gasteiger partial charge in [-0.1, -0.05) is 51.0 Å². The molecular formula is C16H24O. The Balaban J connectivity index is 2.41. The molecule has 1 unspecified atom stereocenters. The summed E-state index contributed by atoms with van der Waals surface area (Å²) in [6, 6.07) is 8.56. The Bertz CT molecular complexity index is 341. The standard InChI is InChI=1S/C16H24O/c1-4-6-8-14(3)17-12-11-16-10-7-9-15(5-2)13-16/h7,9-14H,4-6,8H2,1-3H3. The smallest absolute Gasteiger partial charge is 0.0950 e. The van der Waals surface area contributed by atoms with Gasteiger partial charge in [-0.2, -0.15) is 0 Å². The lowest BCUT2D eigenvalue weighted by Gasteiger charge is -2.09. The minimum absolute atomic E-state index is 0.320. The van der Waals surface area contributed by atoms with Gasteiger partial charge in [0, 0.05) is 0 Å². The zero-order valence-corrected chi connectivity index (χ0v) is 11.3. The molecule has 1 rings (SSSR count). The number of hydrogen-bond acceptors (Lipinski definition) is 1. The normalized spacial score (nSPS) is 12.9. The van der Waals surface area contributed by atoms with Gasteiger partial charge in [-0.15, -0.1) is 0 Å². The number of ether oxygens (including phenoxy) is 1. The number of aryl methyl sites for hydroxylation is 1. The van der Waals surface area contributed by atoms with E-state index >= 15 is 0 Å². The van der Waals surface area contributed by atoms with Crippen molar-refractivity contribution >= 4 is 6.08 Å². The van der Waals surface area contributed by atoms with Crippen LogP contribution < -0.4 is 0 Å². The summed E-state index contributed by atoms with van der Waals surface area (Å²) in [5, 5.41) is 0. The molecule has 0 aliphatic rings. The quantitative estimate of drug-likeness (QED) is 0.613. The molecule has 0 heterocycles. The Morgan fingerprint density at radius 2 is 2.12 bits per heavy atom. The maximum absolute atomic E-state index is 5.64. The molecule has 0 spiro atoms. The van der Waals surface area contributed by atoms with Crippen LogP contribution in [0.4, 0.5) is 0 Å². The van der Waals surface area contributed by atoms with Gasteiger partial charge in [0.05, 0.1) is 12.4 Å². The van der Waals surface area contributed by atoms with Gasteiger partial charge in [0.1, 0.15) is 0 Å². The molecule has 0 saturated heterocycles. The lowest BCUT2D eigenvalue weighted by molar-refractivity contribution is 0.152. The van der Waals surface area contributed by atoms with Crippen LogP contribution in [-0.2, 0) is 11.2 Å². The summed E-state index contributed by atoms with van der Waals surface area (Å²) in [6.07, 6.45) is 8.87. The van der Waals surface area contributed by atoms with Crippen molar-refractivity contribution in [2.75, 3.05) is 0 Å². The molecule has 1 aromatic carbocycles. The zero-order valence-electron chi connectivity index (χ0n) is 11.3. The van der Waals surface area contributed by atoms with Crippen molar-refractivity contribution in [3.8, 4) is 0 Å². The Hall–Kier alpha value is -1.24. The van der Waals surface area contributed by atoms with Crippen LogP contribution >= 0.6 is 0 Å². The first-order valence-electron chi connectivity index (χ1n) is 6.67. The minimum Gasteiger partial charge on any atom is -0.498 e. The second kappa shape index (κ2) is 7.94. The molecule has 0 amide bonds. The van der Waals surface area contributed by atoms with Crippen LogP contribution in [0.1, 0.15) is 51.2 Å². The Labute approximate surface area is 106 Å². The summed E-state index contributed by atoms with van der Waals surface area (Å²) < 4.78 is 5.64. The van der Waals surface area contributed by atoms with Gasteiger partial charge in [-0.05, 0) is 37.0 Å². The van der Waals surface area contributed by atoms with Crippen LogP contribution in [0.5, 0.6) is 0 Å². The highest BCUT2D eigenvalue weighted by molar-refractivity contribution is 5.49. The van der Waals surface area contributed by atoms with Crippen molar-refractivity contribution in [1.29, 1.82) is 0 Å². The molecule has 1 nitrogen and oxygen atoms in total. The van der Waals surface area contributed by atoms with Crippen molar-refractivity contribution in [2.45, 2.75) is 52.6 Å². The highest BCUT2D eigenvalue weighted by Gasteiger charge is 1.98. The first kappa shape index (κ1) is 13.8. The van der Waals surface area contributed by atoms with Gasteiger partial charge >= 0.3 is 0 Å². The van der Waals surface area contributed by atoms with E-state index in [0.29, 0.717) is 6.10 Å². The molecule has 0 saturated carbocycles. The van der Waals surface area contributed by atoms with E-state index in [1.165, 1.54) is 24.0 Å². The molecule has 1 aromatic rings. The van der Waals surface area contributed by atoms with Gasteiger partial charge in [0.25, 0.3) is 0 Å². The van der Waals surface area contributed by atoms with E-state index in [4.69, 9.17) is 4.74 Å². The minimum atomic E-state index is 0.320. The van der Waals surface area contributed by atoms with Crippen molar-refractivity contribution in [1.82, 2.24) is 0 Å². The summed E-state index contributed by atoms with van der Waals surface area (Å²) in [7, 11) is 0. The molecule has 0 radical (unpaired) electrons. The number of benzene rings is 1. The Kier molecular flexibility index (Phi) is 6.46. The molecule has 94 valence electrons. The predicted molar refractivity (Wildman–Crippen MR) is 74.9 cm³/mol. The van der Waals surface area contributed by atoms with Crippen molar-refractivity contribution < 1.29 is 4.74 Å². The topological polar surface area (TPSA) is 9.23 Å². The van der Waals surface area contributed by atoms with Crippen molar-refractivity contribution in [2.24, 2.45) is 0 Å². The van der Waals surface area contributed by atoms with E-state index in [1.54, 1.807) is 0 Å². The molecule has 0 aliphatic heterocycles. The van der Waals surface area contributed by atoms with Gasteiger partial charge in [0.2, 0.25) is 0 Å². The fourth-order valence-electron chi connectivity index (χ4n) is 1.73. The molecule has 0 fully saturated rings. The SMILES string of the molecule is CCCCC(C)OC=Cc1cccc(CC)c1. The Morgan fingerprint density at radius 3 is 2.82 bits per heavy atom. The first-order valence-corrected chi connectivity index (χ1v) is 6.67. The van der Waals surface area contributed by atoms with Crippen LogP contribution in [0.3, 0.4) is 0 Å². The molecule has 17 heavy (non-hydrogen) atoms. The van der Waals surface area contributed by atoms with E-state index in [9.17, 15) is 0 Å². The average molecular weight is 232 g/mol. The second-order valence-electron chi connectivity index (χ2n) is 4.49. The van der Waals surface area contributed by atoms with E-state index in [2.05, 4.69) is 45.0 Å². The highest BCUT2D eigenvalue weighted by atomic mass is 16.5. The lowest BCUT2D eigenvalue weighted by atomic mass is 10.1. The van der Waals surface area contributed by atoms with Crippen LogP contribution in [0.15, 0.2) is 30.5 Å². The summed E-state index contributed by atoms with van der Waals surface area (Å²) >= 11 is 0. The van der Waals surface area contributed by atoms with E-state index in [1.807, 2.05) is 12.3 Å². The zero-order chi connectivity index (χ0) is 12.5.